The van der Waals surface area contributed by atoms with Crippen molar-refractivity contribution in [3.8, 4) is 5.75 Å². The minimum atomic E-state index is 0.531. The maximum atomic E-state index is 9.98. The summed E-state index contributed by atoms with van der Waals surface area (Å²) in [7, 11) is 0. The summed E-state index contributed by atoms with van der Waals surface area (Å²) < 4.78 is 0. The summed E-state index contributed by atoms with van der Waals surface area (Å²) in [6.07, 6.45) is 9.27. The molecule has 2 aliphatic rings. The van der Waals surface area contributed by atoms with Crippen molar-refractivity contribution >= 4 is 0 Å². The van der Waals surface area contributed by atoms with Crippen molar-refractivity contribution in [1.29, 1.82) is 0 Å². The molecule has 1 saturated carbocycles. The smallest absolute Gasteiger partial charge is 0.119 e. The van der Waals surface area contributed by atoms with E-state index in [4.69, 9.17) is 0 Å². The normalized spacial score (nSPS) is 29.9. The van der Waals surface area contributed by atoms with Crippen molar-refractivity contribution < 1.29 is 5.11 Å². The van der Waals surface area contributed by atoms with Gasteiger partial charge in [-0.1, -0.05) is 38.3 Å². The summed E-state index contributed by atoms with van der Waals surface area (Å²) in [6, 6.07) is 6.08. The molecule has 2 aliphatic carbocycles. The molecule has 0 saturated heterocycles. The maximum absolute atomic E-state index is 9.98. The molecular formula is C17H24O. The van der Waals surface area contributed by atoms with Gasteiger partial charge >= 0.3 is 0 Å². The van der Waals surface area contributed by atoms with E-state index in [-0.39, 0.29) is 0 Å². The molecule has 1 aromatic carbocycles. The summed E-state index contributed by atoms with van der Waals surface area (Å²) in [6.45, 7) is 2.29. The largest absolute Gasteiger partial charge is 0.508 e. The first-order chi connectivity index (χ1) is 8.79. The van der Waals surface area contributed by atoms with Crippen LogP contribution in [0.25, 0.3) is 0 Å². The molecule has 3 unspecified atom stereocenters. The first kappa shape index (κ1) is 12.1. The molecule has 1 N–H and O–H groups in total. The third kappa shape index (κ3) is 2.04. The summed E-state index contributed by atoms with van der Waals surface area (Å²) in [5, 5.41) is 9.98. The Morgan fingerprint density at radius 1 is 1.22 bits per heavy atom. The van der Waals surface area contributed by atoms with Gasteiger partial charge in [0, 0.05) is 0 Å². The van der Waals surface area contributed by atoms with Crippen molar-refractivity contribution in [2.45, 2.75) is 51.9 Å². The predicted octanol–water partition coefficient (Wildman–Crippen LogP) is 4.32. The number of rotatable bonds is 3. The fourth-order valence-electron chi connectivity index (χ4n) is 4.22. The summed E-state index contributed by atoms with van der Waals surface area (Å²) in [5.74, 6) is 3.21. The van der Waals surface area contributed by atoms with E-state index in [0.29, 0.717) is 5.75 Å². The first-order valence-corrected chi connectivity index (χ1v) is 7.59. The van der Waals surface area contributed by atoms with Crippen LogP contribution in [0.5, 0.6) is 5.75 Å². The predicted molar refractivity (Wildman–Crippen MR) is 74.7 cm³/mol. The molecule has 1 nitrogen and oxygen atoms in total. The number of phenols is 1. The molecule has 98 valence electrons. The standard InChI is InChI=1S/C17H24O/c1-2-3-5-12-8-9-14-11-16-13(10-15(12)14)6-4-7-17(16)18/h4,6-7,12,14-15,18H,2-3,5,8-11H2,1H3. The topological polar surface area (TPSA) is 20.2 Å². The molecule has 0 heterocycles. The van der Waals surface area contributed by atoms with Gasteiger partial charge < -0.3 is 5.11 Å². The van der Waals surface area contributed by atoms with Crippen molar-refractivity contribution in [2.75, 3.05) is 0 Å². The van der Waals surface area contributed by atoms with E-state index >= 15 is 0 Å². The van der Waals surface area contributed by atoms with E-state index in [0.717, 1.165) is 24.2 Å². The van der Waals surface area contributed by atoms with Crippen LogP contribution in [0.15, 0.2) is 18.2 Å². The van der Waals surface area contributed by atoms with Gasteiger partial charge in [0.05, 0.1) is 0 Å². The van der Waals surface area contributed by atoms with Gasteiger partial charge in [-0.2, -0.15) is 0 Å². The Morgan fingerprint density at radius 2 is 2.11 bits per heavy atom. The zero-order valence-corrected chi connectivity index (χ0v) is 11.4. The molecule has 1 aromatic rings. The Morgan fingerprint density at radius 3 is 2.94 bits per heavy atom. The molecule has 0 radical (unpaired) electrons. The highest BCUT2D eigenvalue weighted by molar-refractivity contribution is 5.41. The molecule has 3 atom stereocenters. The molecular weight excluding hydrogens is 220 g/mol. The third-order valence-corrected chi connectivity index (χ3v) is 5.22. The lowest BCUT2D eigenvalue weighted by Crippen LogP contribution is -2.25. The molecule has 0 aromatic heterocycles. The van der Waals surface area contributed by atoms with E-state index in [2.05, 4.69) is 13.0 Å². The molecule has 0 bridgehead atoms. The van der Waals surface area contributed by atoms with Crippen molar-refractivity contribution in [3.63, 3.8) is 0 Å². The molecule has 0 amide bonds. The molecule has 3 rings (SSSR count). The molecule has 1 fully saturated rings. The molecule has 18 heavy (non-hydrogen) atoms. The van der Waals surface area contributed by atoms with Gasteiger partial charge in [-0.05, 0) is 60.6 Å². The Labute approximate surface area is 110 Å². The van der Waals surface area contributed by atoms with Gasteiger partial charge in [0.2, 0.25) is 0 Å². The maximum Gasteiger partial charge on any atom is 0.119 e. The zero-order chi connectivity index (χ0) is 12.5. The second kappa shape index (κ2) is 4.95. The van der Waals surface area contributed by atoms with Crippen LogP contribution in [0.2, 0.25) is 0 Å². The van der Waals surface area contributed by atoms with Crippen LogP contribution in [-0.4, -0.2) is 5.11 Å². The highest BCUT2D eigenvalue weighted by Gasteiger charge is 2.39. The van der Waals surface area contributed by atoms with Crippen molar-refractivity contribution in [3.05, 3.63) is 29.3 Å². The average molecular weight is 244 g/mol. The number of benzene rings is 1. The number of hydrogen-bond donors (Lipinski definition) is 1. The van der Waals surface area contributed by atoms with Gasteiger partial charge in [-0.15, -0.1) is 0 Å². The van der Waals surface area contributed by atoms with Crippen molar-refractivity contribution in [1.82, 2.24) is 0 Å². The van der Waals surface area contributed by atoms with Crippen LogP contribution >= 0.6 is 0 Å². The Kier molecular flexibility index (Phi) is 3.32. The SMILES string of the molecule is CCCCC1CCC2Cc3c(O)cccc3CC12. The summed E-state index contributed by atoms with van der Waals surface area (Å²) >= 11 is 0. The number of aromatic hydroxyl groups is 1. The van der Waals surface area contributed by atoms with Gasteiger partial charge in [-0.3, -0.25) is 0 Å². The fraction of sp³-hybridized carbons (Fsp3) is 0.647. The number of unbranched alkanes of at least 4 members (excludes halogenated alkanes) is 1. The average Bonchev–Trinajstić information content (AvgIpc) is 2.77. The second-order valence-corrected chi connectivity index (χ2v) is 6.23. The Balaban J connectivity index is 1.79. The van der Waals surface area contributed by atoms with Gasteiger partial charge in [0.1, 0.15) is 5.75 Å². The first-order valence-electron chi connectivity index (χ1n) is 7.59. The van der Waals surface area contributed by atoms with Crippen molar-refractivity contribution in [2.24, 2.45) is 17.8 Å². The van der Waals surface area contributed by atoms with Gasteiger partial charge in [-0.25, -0.2) is 0 Å². The zero-order valence-electron chi connectivity index (χ0n) is 11.4. The molecule has 0 spiro atoms. The van der Waals surface area contributed by atoms with E-state index in [1.807, 2.05) is 12.1 Å². The van der Waals surface area contributed by atoms with Crippen LogP contribution in [0.4, 0.5) is 0 Å². The van der Waals surface area contributed by atoms with Crippen LogP contribution in [0, 0.1) is 17.8 Å². The minimum absolute atomic E-state index is 0.531. The quantitative estimate of drug-likeness (QED) is 0.839. The van der Waals surface area contributed by atoms with Gasteiger partial charge in [0.15, 0.2) is 0 Å². The lowest BCUT2D eigenvalue weighted by atomic mass is 9.74. The lowest BCUT2D eigenvalue weighted by molar-refractivity contribution is 0.272. The van der Waals surface area contributed by atoms with E-state index in [1.165, 1.54) is 49.7 Å². The number of fused-ring (bicyclic) bond motifs is 2. The van der Waals surface area contributed by atoms with Crippen LogP contribution in [-0.2, 0) is 12.8 Å². The fourth-order valence-corrected chi connectivity index (χ4v) is 4.22. The molecule has 1 heteroatoms. The Bertz CT molecular complexity index is 424. The highest BCUT2D eigenvalue weighted by atomic mass is 16.3. The number of hydrogen-bond acceptors (Lipinski definition) is 1. The van der Waals surface area contributed by atoms with Gasteiger partial charge in [0.25, 0.3) is 0 Å². The number of phenolic OH excluding ortho intramolecular Hbond substituents is 1. The summed E-state index contributed by atoms with van der Waals surface area (Å²) in [5.41, 5.74) is 2.66. The second-order valence-electron chi connectivity index (χ2n) is 6.23. The van der Waals surface area contributed by atoms with E-state index in [1.54, 1.807) is 0 Å². The van der Waals surface area contributed by atoms with Crippen LogP contribution < -0.4 is 0 Å². The lowest BCUT2D eigenvalue weighted by Gasteiger charge is -2.31. The summed E-state index contributed by atoms with van der Waals surface area (Å²) in [4.78, 5) is 0. The van der Waals surface area contributed by atoms with Crippen LogP contribution in [0.1, 0.15) is 50.2 Å². The van der Waals surface area contributed by atoms with E-state index in [9.17, 15) is 5.11 Å². The minimum Gasteiger partial charge on any atom is -0.508 e. The Hall–Kier alpha value is -0.980. The highest BCUT2D eigenvalue weighted by Crippen LogP contribution is 2.47. The third-order valence-electron chi connectivity index (χ3n) is 5.22. The monoisotopic (exact) mass is 244 g/mol. The molecule has 0 aliphatic heterocycles. The van der Waals surface area contributed by atoms with E-state index < -0.39 is 0 Å². The van der Waals surface area contributed by atoms with Crippen LogP contribution in [0.3, 0.4) is 0 Å².